The number of hydrogen-bond acceptors (Lipinski definition) is 25. The minimum Gasteiger partial charge on any atom is -0.507 e. The van der Waals surface area contributed by atoms with Crippen LogP contribution in [0.5, 0.6) is 97.7 Å². The molecule has 0 fully saturated rings. The number of phenols is 5. The molecule has 7 N–H and O–H groups in total. The van der Waals surface area contributed by atoms with Gasteiger partial charge in [0, 0.05) is 23.6 Å². The van der Waals surface area contributed by atoms with Gasteiger partial charge >= 0.3 is 5.97 Å². The minimum atomic E-state index is -0.690. The smallest absolute Gasteiger partial charge is 0.308 e. The molecule has 25 nitrogen and oxygen atoms in total. The van der Waals surface area contributed by atoms with Crippen LogP contribution in [0.3, 0.4) is 0 Å². The van der Waals surface area contributed by atoms with Crippen LogP contribution in [0.1, 0.15) is 113 Å². The lowest BCUT2D eigenvalue weighted by molar-refractivity contribution is -0.131. The SMILES string of the molecule is CCc1ccc(C(=O)/C=C/c2cc(OC)c(OC)c(OC)c2)c(O)c1.CCc1ccc(C(C)=O)c(O)c1.CCc1ccc2c(=O)c(O)c(-c3cc(O)c(O)c(O)c3)oc2c1.CCc1ccc2c(=O)c(O)c(-c3cc(OC)c(OC)c(OC)c3)oc2c1.CCc1cccc(OC(C)=O)c1.COc1cc(C=O)cc(OC)c1OC. The molecule has 0 aliphatic carbocycles. The van der Waals surface area contributed by atoms with Crippen LogP contribution in [-0.4, -0.2) is 124 Å². The van der Waals surface area contributed by atoms with Crippen LogP contribution >= 0.6 is 0 Å². The number of benzene rings is 9. The van der Waals surface area contributed by atoms with Crippen molar-refractivity contribution in [1.82, 2.24) is 0 Å². The molecular weight excluding hydrogens is 1440 g/mol. The number of esters is 1. The molecule has 2 aromatic heterocycles. The zero-order valence-corrected chi connectivity index (χ0v) is 65.1. The van der Waals surface area contributed by atoms with Gasteiger partial charge in [0.15, 0.2) is 74.8 Å². The first-order chi connectivity index (χ1) is 53.6. The summed E-state index contributed by atoms with van der Waals surface area (Å²) in [5, 5.41) is 69.0. The second kappa shape index (κ2) is 41.7. The summed E-state index contributed by atoms with van der Waals surface area (Å²) < 4.78 is 63.4. The van der Waals surface area contributed by atoms with Crippen molar-refractivity contribution < 1.29 is 111 Å². The third kappa shape index (κ3) is 22.1. The maximum atomic E-state index is 12.6. The Kier molecular flexibility index (Phi) is 32.5. The van der Waals surface area contributed by atoms with Crippen LogP contribution in [-0.2, 0) is 36.9 Å². The van der Waals surface area contributed by atoms with Gasteiger partial charge in [-0.05, 0) is 188 Å². The zero-order chi connectivity index (χ0) is 82.6. The number of allylic oxidation sites excluding steroid dienone is 1. The van der Waals surface area contributed by atoms with E-state index in [4.69, 9.17) is 56.2 Å². The maximum Gasteiger partial charge on any atom is 0.308 e. The molecule has 112 heavy (non-hydrogen) atoms. The number of carbonyl (C=O) groups is 4. The zero-order valence-electron chi connectivity index (χ0n) is 65.1. The standard InChI is InChI=1S/C20H20O6.C20H22O5.C17H14O6.C10H12O4.2C10H12O2/c1-5-11-6-7-13-14(8-11)26-19(18(22)17(13)21)12-9-15(23-2)20(25-4)16(10-12)24-3;1-5-13-6-8-15(17(22)10-13)16(21)9-7-14-11-18(23-2)20(25-4)19(12-14)24-3;1-2-8-3-4-10-13(5-8)23-17(16(22)14(10)20)9-6-11(18)15(21)12(19)7-9;1-12-8-4-7(6-11)5-9(13-2)10(8)14-3;1-3-8-4-5-9(7(2)11)10(12)6-8;1-3-9-5-4-6-10(7-9)12-8(2)11/h6-10,22H,5H2,1-4H3;6-12,22H,5H2,1-4H3;3-7,18-19,21-22H,2H2,1H3;4-6H,1-3H3;4-6,12H,3H2,1-2H3;4-7H,3H2,1-2H3/b;9-7+;;;;. The lowest BCUT2D eigenvalue weighted by Gasteiger charge is -2.14. The van der Waals surface area contributed by atoms with Gasteiger partial charge in [-0.15, -0.1) is 0 Å². The molecule has 0 aliphatic heterocycles. The number of methoxy groups -OCH3 is 9. The summed E-state index contributed by atoms with van der Waals surface area (Å²) in [5.74, 6) is 1.07. The highest BCUT2D eigenvalue weighted by atomic mass is 16.6. The highest BCUT2D eigenvalue weighted by molar-refractivity contribution is 6.08. The Morgan fingerprint density at radius 2 is 0.741 bits per heavy atom. The summed E-state index contributed by atoms with van der Waals surface area (Å²) in [6.07, 6.45) is 7.94. The summed E-state index contributed by atoms with van der Waals surface area (Å²) in [6.45, 7) is 12.9. The average molecular weight is 1540 g/mol. The molecule has 0 aliphatic rings. The minimum absolute atomic E-state index is 0.0149. The third-order valence-corrected chi connectivity index (χ3v) is 17.0. The summed E-state index contributed by atoms with van der Waals surface area (Å²) in [5.41, 5.74) is 7.14. The van der Waals surface area contributed by atoms with Gasteiger partial charge in [0.1, 0.15) is 34.7 Å². The Morgan fingerprint density at radius 3 is 1.10 bits per heavy atom. The van der Waals surface area contributed by atoms with Gasteiger partial charge < -0.3 is 91.9 Å². The van der Waals surface area contributed by atoms with E-state index < -0.39 is 39.6 Å². The molecule has 590 valence electrons. The van der Waals surface area contributed by atoms with Gasteiger partial charge in [-0.2, -0.15) is 0 Å². The largest absolute Gasteiger partial charge is 0.507 e. The van der Waals surface area contributed by atoms with Crippen LogP contribution < -0.4 is 58.2 Å². The van der Waals surface area contributed by atoms with E-state index in [9.17, 15) is 64.5 Å². The highest BCUT2D eigenvalue weighted by Crippen LogP contribution is 2.45. The Morgan fingerprint density at radius 1 is 0.384 bits per heavy atom. The predicted octanol–water partition coefficient (Wildman–Crippen LogP) is 16.3. The number of carbonyl (C=O) groups excluding carboxylic acids is 4. The Hall–Kier alpha value is -13.6. The van der Waals surface area contributed by atoms with Crippen molar-refractivity contribution in [2.75, 3.05) is 64.0 Å². The summed E-state index contributed by atoms with van der Waals surface area (Å²) >= 11 is 0. The first-order valence-corrected chi connectivity index (χ1v) is 35.0. The van der Waals surface area contributed by atoms with E-state index in [1.807, 2.05) is 64.1 Å². The van der Waals surface area contributed by atoms with Gasteiger partial charge in [0.25, 0.3) is 0 Å². The Bertz CT molecular complexity index is 5200. The molecule has 0 spiro atoms. The Balaban J connectivity index is 0.000000215. The molecular formula is C87H92O25. The molecule has 11 aromatic rings. The number of ketones is 2. The van der Waals surface area contributed by atoms with Crippen molar-refractivity contribution in [2.24, 2.45) is 0 Å². The van der Waals surface area contributed by atoms with Gasteiger partial charge in [-0.1, -0.05) is 77.1 Å². The molecule has 0 atom stereocenters. The lowest BCUT2D eigenvalue weighted by atomic mass is 10.0. The maximum absolute atomic E-state index is 12.6. The normalized spacial score (nSPS) is 10.4. The predicted molar refractivity (Wildman–Crippen MR) is 426 cm³/mol. The number of aromatic hydroxyl groups is 7. The van der Waals surface area contributed by atoms with Gasteiger partial charge in [0.05, 0.1) is 85.9 Å². The van der Waals surface area contributed by atoms with E-state index in [0.717, 1.165) is 72.8 Å². The first-order valence-electron chi connectivity index (χ1n) is 35.0. The van der Waals surface area contributed by atoms with E-state index >= 15 is 0 Å². The van der Waals surface area contributed by atoms with Crippen molar-refractivity contribution in [3.8, 4) is 120 Å². The van der Waals surface area contributed by atoms with Crippen LogP contribution in [0.2, 0.25) is 0 Å². The number of aldehydes is 1. The molecule has 25 heteroatoms. The highest BCUT2D eigenvalue weighted by Gasteiger charge is 2.23. The fourth-order valence-electron chi connectivity index (χ4n) is 11.0. The number of rotatable bonds is 22. The van der Waals surface area contributed by atoms with E-state index in [1.165, 1.54) is 89.5 Å². The Labute approximate surface area is 647 Å². The number of phenolic OH excluding ortho intramolecular Hbond substituents is 5. The monoisotopic (exact) mass is 1540 g/mol. The first kappa shape index (κ1) is 87.3. The molecule has 0 radical (unpaired) electrons. The molecule has 0 bridgehead atoms. The van der Waals surface area contributed by atoms with Crippen LogP contribution in [0.25, 0.3) is 50.7 Å². The molecule has 11 rings (SSSR count). The van der Waals surface area contributed by atoms with Crippen molar-refractivity contribution >= 4 is 51.8 Å². The summed E-state index contributed by atoms with van der Waals surface area (Å²) in [7, 11) is 13.6. The second-order valence-corrected chi connectivity index (χ2v) is 24.2. The van der Waals surface area contributed by atoms with Gasteiger partial charge in [-0.25, -0.2) is 0 Å². The topological polar surface area (TPSA) is 363 Å². The van der Waals surface area contributed by atoms with Crippen molar-refractivity contribution in [2.45, 2.75) is 80.6 Å². The van der Waals surface area contributed by atoms with Crippen molar-refractivity contribution in [3.05, 3.63) is 222 Å². The van der Waals surface area contributed by atoms with E-state index in [2.05, 4.69) is 6.92 Å². The molecule has 0 saturated carbocycles. The van der Waals surface area contributed by atoms with Crippen LogP contribution in [0, 0.1) is 0 Å². The van der Waals surface area contributed by atoms with Crippen molar-refractivity contribution in [3.63, 3.8) is 0 Å². The summed E-state index contributed by atoms with van der Waals surface area (Å²) in [4.78, 5) is 69.3. The van der Waals surface area contributed by atoms with Crippen LogP contribution in [0.4, 0.5) is 0 Å². The lowest BCUT2D eigenvalue weighted by Crippen LogP contribution is -2.03. The quantitative estimate of drug-likeness (QED) is 0.00827. The van der Waals surface area contributed by atoms with Gasteiger partial charge in [0.2, 0.25) is 39.6 Å². The third-order valence-electron chi connectivity index (χ3n) is 17.0. The fraction of sp³-hybridized carbons (Fsp3) is 0.241. The van der Waals surface area contributed by atoms with E-state index in [0.29, 0.717) is 90.7 Å². The number of ether oxygens (including phenoxy) is 10. The number of Topliss-reactive ketones (excluding diaryl/α,β-unsaturated/α-hetero) is 1. The fourth-order valence-corrected chi connectivity index (χ4v) is 11.0. The van der Waals surface area contributed by atoms with E-state index in [1.54, 1.807) is 103 Å². The molecule has 9 aromatic carbocycles. The molecule has 0 saturated heterocycles. The van der Waals surface area contributed by atoms with Crippen LogP contribution in [0.15, 0.2) is 170 Å². The van der Waals surface area contributed by atoms with Gasteiger partial charge in [-0.3, -0.25) is 28.8 Å². The molecule has 2 heterocycles. The molecule has 0 amide bonds. The van der Waals surface area contributed by atoms with E-state index in [-0.39, 0.29) is 62.7 Å². The summed E-state index contributed by atoms with van der Waals surface area (Å²) in [6, 6.07) is 40.2. The second-order valence-electron chi connectivity index (χ2n) is 24.2. The molecule has 0 unspecified atom stereocenters. The number of aryl methyl sites for hydroxylation is 5. The average Bonchev–Trinajstić information content (AvgIpc) is 0.773. The number of hydrogen-bond donors (Lipinski definition) is 7. The van der Waals surface area contributed by atoms with Crippen molar-refractivity contribution in [1.29, 1.82) is 0 Å². The number of fused-ring (bicyclic) bond motifs is 2.